The van der Waals surface area contributed by atoms with Crippen molar-refractivity contribution in [2.75, 3.05) is 49.9 Å². The van der Waals surface area contributed by atoms with Gasteiger partial charge in [-0.15, -0.1) is 0 Å². The summed E-state index contributed by atoms with van der Waals surface area (Å²) in [5.74, 6) is -1.45. The third-order valence-corrected chi connectivity index (χ3v) is 7.25. The quantitative estimate of drug-likeness (QED) is 0.158. The van der Waals surface area contributed by atoms with Gasteiger partial charge in [0.25, 0.3) is 0 Å². The number of pyridine rings is 1. The SMILES string of the molecule is Cc1ccccc1[C@@H](C)COC(=O)Nc1cc(F)c(OC(CF)CF)c(CN(C)C(=O)CNc2ccc3c(N)nccc3c2)c1. The van der Waals surface area contributed by atoms with Crippen LogP contribution in [0.4, 0.5) is 35.2 Å². The zero-order valence-electron chi connectivity index (χ0n) is 25.3. The van der Waals surface area contributed by atoms with E-state index in [9.17, 15) is 18.4 Å². The van der Waals surface area contributed by atoms with Crippen molar-refractivity contribution in [2.45, 2.75) is 32.4 Å². The number of aromatic nitrogens is 1. The molecule has 3 aromatic carbocycles. The average molecular weight is 624 g/mol. The van der Waals surface area contributed by atoms with Crippen molar-refractivity contribution < 1.29 is 32.2 Å². The summed E-state index contributed by atoms with van der Waals surface area (Å²) in [5.41, 5.74) is 8.77. The number of nitrogens with two attached hydrogens (primary N) is 1. The fourth-order valence-electron chi connectivity index (χ4n) is 4.79. The number of aryl methyl sites for hydroxylation is 1. The van der Waals surface area contributed by atoms with Crippen LogP contribution in [0, 0.1) is 12.7 Å². The Morgan fingerprint density at radius 1 is 1.04 bits per heavy atom. The zero-order chi connectivity index (χ0) is 32.5. The first-order chi connectivity index (χ1) is 21.6. The molecule has 0 fully saturated rings. The maximum Gasteiger partial charge on any atom is 0.411 e. The summed E-state index contributed by atoms with van der Waals surface area (Å²) >= 11 is 0. The van der Waals surface area contributed by atoms with Gasteiger partial charge in [0.1, 0.15) is 19.2 Å². The molecule has 0 unspecified atom stereocenters. The van der Waals surface area contributed by atoms with Crippen molar-refractivity contribution in [3.63, 3.8) is 0 Å². The molecule has 0 aliphatic rings. The molecular formula is C33H36F3N5O4. The van der Waals surface area contributed by atoms with Gasteiger partial charge >= 0.3 is 6.09 Å². The van der Waals surface area contributed by atoms with E-state index in [0.717, 1.165) is 28.0 Å². The normalized spacial score (nSPS) is 11.7. The molecule has 238 valence electrons. The molecule has 45 heavy (non-hydrogen) atoms. The van der Waals surface area contributed by atoms with E-state index in [0.29, 0.717) is 11.5 Å². The lowest BCUT2D eigenvalue weighted by atomic mass is 9.97. The topological polar surface area (TPSA) is 119 Å². The van der Waals surface area contributed by atoms with Crippen LogP contribution in [-0.2, 0) is 16.1 Å². The van der Waals surface area contributed by atoms with Crippen LogP contribution in [0.2, 0.25) is 0 Å². The number of nitrogen functional groups attached to an aromatic ring is 1. The molecule has 12 heteroatoms. The molecule has 1 aromatic heterocycles. The highest BCUT2D eigenvalue weighted by atomic mass is 19.1. The fourth-order valence-corrected chi connectivity index (χ4v) is 4.79. The van der Waals surface area contributed by atoms with Crippen molar-refractivity contribution in [3.8, 4) is 5.75 Å². The number of amides is 2. The Kier molecular flexibility index (Phi) is 11.1. The van der Waals surface area contributed by atoms with Crippen LogP contribution in [0.5, 0.6) is 5.75 Å². The number of carbonyl (C=O) groups excluding carboxylic acids is 2. The number of ether oxygens (including phenoxy) is 2. The molecule has 2 amide bonds. The summed E-state index contributed by atoms with van der Waals surface area (Å²) in [4.78, 5) is 31.0. The molecular weight excluding hydrogens is 587 g/mol. The molecule has 9 nitrogen and oxygen atoms in total. The van der Waals surface area contributed by atoms with Crippen LogP contribution in [0.1, 0.15) is 29.5 Å². The summed E-state index contributed by atoms with van der Waals surface area (Å²) in [6.07, 6.45) is -0.768. The van der Waals surface area contributed by atoms with E-state index in [1.165, 1.54) is 18.0 Å². The van der Waals surface area contributed by atoms with Gasteiger partial charge in [-0.1, -0.05) is 31.2 Å². The van der Waals surface area contributed by atoms with Crippen LogP contribution < -0.4 is 21.1 Å². The maximum atomic E-state index is 15.3. The largest absolute Gasteiger partial charge is 0.482 e. The summed E-state index contributed by atoms with van der Waals surface area (Å²) in [6.45, 7) is 1.29. The first-order valence-electron chi connectivity index (χ1n) is 14.3. The number of anilines is 3. The van der Waals surface area contributed by atoms with Gasteiger partial charge in [-0.05, 0) is 53.8 Å². The number of nitrogens with one attached hydrogen (secondary N) is 2. The van der Waals surface area contributed by atoms with E-state index in [4.69, 9.17) is 15.2 Å². The van der Waals surface area contributed by atoms with E-state index < -0.39 is 37.1 Å². The smallest absolute Gasteiger partial charge is 0.411 e. The molecule has 1 heterocycles. The lowest BCUT2D eigenvalue weighted by Crippen LogP contribution is -2.32. The van der Waals surface area contributed by atoms with Crippen LogP contribution in [-0.4, -0.2) is 61.5 Å². The van der Waals surface area contributed by atoms with Crippen molar-refractivity contribution in [1.29, 1.82) is 0 Å². The second-order valence-corrected chi connectivity index (χ2v) is 10.7. The molecule has 0 bridgehead atoms. The predicted octanol–water partition coefficient (Wildman–Crippen LogP) is 6.37. The van der Waals surface area contributed by atoms with Crippen molar-refractivity contribution in [1.82, 2.24) is 9.88 Å². The van der Waals surface area contributed by atoms with E-state index in [1.54, 1.807) is 24.4 Å². The molecule has 0 saturated carbocycles. The molecule has 0 saturated heterocycles. The second kappa shape index (κ2) is 15.1. The summed E-state index contributed by atoms with van der Waals surface area (Å²) in [5, 5.41) is 7.15. The van der Waals surface area contributed by atoms with E-state index in [1.807, 2.05) is 44.2 Å². The lowest BCUT2D eigenvalue weighted by molar-refractivity contribution is -0.128. The van der Waals surface area contributed by atoms with E-state index in [2.05, 4.69) is 15.6 Å². The number of carbonyl (C=O) groups is 2. The summed E-state index contributed by atoms with van der Waals surface area (Å²) in [7, 11) is 1.49. The lowest BCUT2D eigenvalue weighted by Gasteiger charge is -2.23. The van der Waals surface area contributed by atoms with Crippen LogP contribution in [0.3, 0.4) is 0 Å². The minimum atomic E-state index is -1.54. The van der Waals surface area contributed by atoms with Crippen molar-refractivity contribution in [2.24, 2.45) is 0 Å². The van der Waals surface area contributed by atoms with Gasteiger partial charge in [0, 0.05) is 54.1 Å². The monoisotopic (exact) mass is 623 g/mol. The minimum absolute atomic E-state index is 0.0179. The molecule has 4 aromatic rings. The van der Waals surface area contributed by atoms with Gasteiger partial charge in [0.15, 0.2) is 17.7 Å². The van der Waals surface area contributed by atoms with Crippen molar-refractivity contribution >= 4 is 40.0 Å². The standard InChI is InChI=1S/C33H36F3N5O4/c1-20-6-4-5-7-27(20)21(2)19-44-33(43)40-25-13-23(31(29(36)14-25)45-26(15-34)16-35)18-41(3)30(42)17-39-24-8-9-28-22(12-24)10-11-38-32(28)37/h4-14,21,26,39H,15-19H2,1-3H3,(H2,37,38)(H,40,43)/t21-/m0/s1. The Morgan fingerprint density at radius 2 is 1.80 bits per heavy atom. The molecule has 4 N–H and O–H groups in total. The zero-order valence-corrected chi connectivity index (χ0v) is 25.3. The number of nitrogens with zero attached hydrogens (tertiary/aromatic N) is 2. The van der Waals surface area contributed by atoms with Gasteiger partial charge in [-0.2, -0.15) is 0 Å². The Morgan fingerprint density at radius 3 is 2.53 bits per heavy atom. The van der Waals surface area contributed by atoms with Gasteiger partial charge in [0.05, 0.1) is 13.2 Å². The second-order valence-electron chi connectivity index (χ2n) is 10.7. The molecule has 1 atom stereocenters. The highest BCUT2D eigenvalue weighted by Gasteiger charge is 2.22. The summed E-state index contributed by atoms with van der Waals surface area (Å²) < 4.78 is 52.5. The van der Waals surface area contributed by atoms with E-state index in [-0.39, 0.29) is 42.8 Å². The van der Waals surface area contributed by atoms with Gasteiger partial charge in [-0.25, -0.2) is 22.9 Å². The number of halogens is 3. The van der Waals surface area contributed by atoms with Crippen LogP contribution in [0.15, 0.2) is 66.9 Å². The van der Waals surface area contributed by atoms with Crippen LogP contribution >= 0.6 is 0 Å². The number of rotatable bonds is 13. The van der Waals surface area contributed by atoms with Gasteiger partial charge < -0.3 is 25.4 Å². The maximum absolute atomic E-state index is 15.3. The first-order valence-corrected chi connectivity index (χ1v) is 14.3. The van der Waals surface area contributed by atoms with E-state index >= 15 is 4.39 Å². The number of likely N-dealkylation sites (N-methyl/N-ethyl adjacent to an activating group) is 1. The molecule has 0 spiro atoms. The predicted molar refractivity (Wildman–Crippen MR) is 168 cm³/mol. The van der Waals surface area contributed by atoms with Gasteiger partial charge in [0.2, 0.25) is 5.91 Å². The Balaban J connectivity index is 1.45. The fraction of sp³-hybridized carbons (Fsp3) is 0.303. The molecule has 0 aliphatic heterocycles. The number of hydrogen-bond acceptors (Lipinski definition) is 7. The third-order valence-electron chi connectivity index (χ3n) is 7.25. The average Bonchev–Trinajstić information content (AvgIpc) is 3.02. The number of benzene rings is 3. The number of alkyl halides is 2. The highest BCUT2D eigenvalue weighted by Crippen LogP contribution is 2.30. The Labute approximate surface area is 259 Å². The first kappa shape index (κ1) is 32.9. The Hall–Kier alpha value is -5.00. The highest BCUT2D eigenvalue weighted by molar-refractivity contribution is 5.93. The molecule has 0 radical (unpaired) electrons. The minimum Gasteiger partial charge on any atom is -0.482 e. The summed E-state index contributed by atoms with van der Waals surface area (Å²) in [6, 6.07) is 17.2. The molecule has 0 aliphatic carbocycles. The number of hydrogen-bond donors (Lipinski definition) is 3. The van der Waals surface area contributed by atoms with Gasteiger partial charge in [-0.3, -0.25) is 10.1 Å². The molecule has 4 rings (SSSR count). The van der Waals surface area contributed by atoms with Crippen molar-refractivity contribution in [3.05, 3.63) is 89.4 Å². The van der Waals surface area contributed by atoms with Crippen LogP contribution in [0.25, 0.3) is 10.8 Å². The Bertz CT molecular complexity index is 1650. The number of fused-ring (bicyclic) bond motifs is 1. The third kappa shape index (κ3) is 8.55.